The molecule has 0 spiro atoms. The lowest BCUT2D eigenvalue weighted by Gasteiger charge is -2.29. The van der Waals surface area contributed by atoms with E-state index in [-0.39, 0.29) is 11.7 Å². The first kappa shape index (κ1) is 12.9. The van der Waals surface area contributed by atoms with Crippen LogP contribution >= 0.6 is 0 Å². The number of sulfonamides is 1. The number of piperidine rings is 1. The Morgan fingerprint density at radius 3 is 1.87 bits per heavy atom. The molecule has 0 saturated carbocycles. The van der Waals surface area contributed by atoms with Gasteiger partial charge < -0.3 is 0 Å². The zero-order valence-corrected chi connectivity index (χ0v) is 10.6. The van der Waals surface area contributed by atoms with E-state index in [0.29, 0.717) is 25.9 Å². The minimum absolute atomic E-state index is 0.109. The fraction of sp³-hybridized carbons (Fsp3) is 1.00. The van der Waals surface area contributed by atoms with Crippen molar-refractivity contribution in [3.05, 3.63) is 0 Å². The lowest BCUT2D eigenvalue weighted by Crippen LogP contribution is -2.39. The fourth-order valence-electron chi connectivity index (χ4n) is 1.84. The van der Waals surface area contributed by atoms with Crippen molar-refractivity contribution < 1.29 is 16.8 Å². The van der Waals surface area contributed by atoms with E-state index in [2.05, 4.69) is 0 Å². The summed E-state index contributed by atoms with van der Waals surface area (Å²) in [6.07, 6.45) is 3.68. The van der Waals surface area contributed by atoms with Crippen LogP contribution in [0.3, 0.4) is 0 Å². The molecule has 1 fully saturated rings. The molecule has 0 bridgehead atoms. The third-order valence-electron chi connectivity index (χ3n) is 2.58. The van der Waals surface area contributed by atoms with Crippen molar-refractivity contribution in [2.75, 3.05) is 31.4 Å². The molecule has 5 nitrogen and oxygen atoms in total. The van der Waals surface area contributed by atoms with Crippen LogP contribution in [-0.2, 0) is 19.9 Å². The van der Waals surface area contributed by atoms with Crippen molar-refractivity contribution in [2.45, 2.75) is 12.8 Å². The van der Waals surface area contributed by atoms with E-state index in [1.165, 1.54) is 16.8 Å². The van der Waals surface area contributed by atoms with E-state index in [1.807, 2.05) is 0 Å². The van der Waals surface area contributed by atoms with E-state index in [9.17, 15) is 16.8 Å². The number of nitrogens with zero attached hydrogens (tertiary/aromatic N) is 1. The predicted molar refractivity (Wildman–Crippen MR) is 58.9 cm³/mol. The summed E-state index contributed by atoms with van der Waals surface area (Å²) in [7, 11) is -6.05. The summed E-state index contributed by atoms with van der Waals surface area (Å²) in [5.74, 6) is 0.280. The molecule has 1 heterocycles. The monoisotopic (exact) mass is 255 g/mol. The summed E-state index contributed by atoms with van der Waals surface area (Å²) >= 11 is 0. The highest BCUT2D eigenvalue weighted by atomic mass is 32.2. The van der Waals surface area contributed by atoms with Crippen LogP contribution in [0.5, 0.6) is 0 Å². The van der Waals surface area contributed by atoms with Gasteiger partial charge in [-0.15, -0.1) is 0 Å². The van der Waals surface area contributed by atoms with Gasteiger partial charge >= 0.3 is 0 Å². The van der Waals surface area contributed by atoms with Gasteiger partial charge in [-0.2, -0.15) is 0 Å². The summed E-state index contributed by atoms with van der Waals surface area (Å²) in [5, 5.41) is 0. The summed E-state index contributed by atoms with van der Waals surface area (Å²) in [6, 6.07) is 0. The number of sulfone groups is 1. The Bertz CT molecular complexity index is 404. The SMILES string of the molecule is CS(=O)(=O)CC1CCN(S(C)(=O)=O)CC1. The molecule has 0 aromatic rings. The normalized spacial score (nSPS) is 21.7. The summed E-state index contributed by atoms with van der Waals surface area (Å²) in [6.45, 7) is 0.887. The van der Waals surface area contributed by atoms with E-state index >= 15 is 0 Å². The van der Waals surface area contributed by atoms with Crippen LogP contribution in [0.25, 0.3) is 0 Å². The standard InChI is InChI=1S/C8H17NO4S2/c1-14(10,11)7-8-3-5-9(6-4-8)15(2,12)13/h8H,3-7H2,1-2H3. The second-order valence-corrected chi connectivity index (χ2v) is 8.37. The van der Waals surface area contributed by atoms with Crippen molar-refractivity contribution >= 4 is 19.9 Å². The highest BCUT2D eigenvalue weighted by Crippen LogP contribution is 2.20. The smallest absolute Gasteiger partial charge is 0.211 e. The fourth-order valence-corrected chi connectivity index (χ4v) is 3.90. The first-order chi connectivity index (χ1) is 6.68. The van der Waals surface area contributed by atoms with Gasteiger partial charge in [-0.3, -0.25) is 0 Å². The van der Waals surface area contributed by atoms with Crippen molar-refractivity contribution in [3.63, 3.8) is 0 Å². The average molecular weight is 255 g/mol. The maximum absolute atomic E-state index is 11.2. The molecule has 7 heteroatoms. The second-order valence-electron chi connectivity index (χ2n) is 4.20. The molecule has 90 valence electrons. The molecule has 0 amide bonds. The molecule has 0 N–H and O–H groups in total. The third-order valence-corrected chi connectivity index (χ3v) is 4.96. The van der Waals surface area contributed by atoms with Gasteiger partial charge in [0.1, 0.15) is 9.84 Å². The third kappa shape index (κ3) is 4.48. The van der Waals surface area contributed by atoms with Crippen LogP contribution in [0.2, 0.25) is 0 Å². The highest BCUT2D eigenvalue weighted by molar-refractivity contribution is 7.90. The number of hydrogen-bond donors (Lipinski definition) is 0. The topological polar surface area (TPSA) is 71.5 Å². The zero-order valence-electron chi connectivity index (χ0n) is 9.01. The van der Waals surface area contributed by atoms with E-state index in [0.717, 1.165) is 0 Å². The lowest BCUT2D eigenvalue weighted by molar-refractivity contribution is 0.290. The second kappa shape index (κ2) is 4.39. The van der Waals surface area contributed by atoms with Crippen molar-refractivity contribution in [3.8, 4) is 0 Å². The summed E-state index contributed by atoms with van der Waals surface area (Å²) < 4.78 is 45.9. The van der Waals surface area contributed by atoms with Gasteiger partial charge in [-0.1, -0.05) is 0 Å². The molecule has 0 unspecified atom stereocenters. The Hall–Kier alpha value is -0.140. The quantitative estimate of drug-likeness (QED) is 0.694. The Kier molecular flexibility index (Phi) is 3.78. The molecule has 0 aromatic heterocycles. The molecule has 1 rings (SSSR count). The highest BCUT2D eigenvalue weighted by Gasteiger charge is 2.26. The Labute approximate surface area is 91.4 Å². The number of rotatable bonds is 3. The molecular formula is C8H17NO4S2. The molecule has 0 aliphatic carbocycles. The van der Waals surface area contributed by atoms with E-state index in [4.69, 9.17) is 0 Å². The summed E-state index contributed by atoms with van der Waals surface area (Å²) in [5.41, 5.74) is 0. The van der Waals surface area contributed by atoms with Crippen LogP contribution in [0, 0.1) is 5.92 Å². The van der Waals surface area contributed by atoms with Gasteiger partial charge in [-0.25, -0.2) is 21.1 Å². The molecule has 15 heavy (non-hydrogen) atoms. The van der Waals surface area contributed by atoms with Crippen molar-refractivity contribution in [1.82, 2.24) is 4.31 Å². The first-order valence-electron chi connectivity index (χ1n) is 4.81. The number of hydrogen-bond acceptors (Lipinski definition) is 4. The minimum Gasteiger partial charge on any atom is -0.229 e. The van der Waals surface area contributed by atoms with Gasteiger partial charge in [0.05, 0.1) is 12.0 Å². The Morgan fingerprint density at radius 2 is 1.53 bits per heavy atom. The summed E-state index contributed by atoms with van der Waals surface area (Å²) in [4.78, 5) is 0. The van der Waals surface area contributed by atoms with Gasteiger partial charge in [0.25, 0.3) is 0 Å². The Morgan fingerprint density at radius 1 is 1.07 bits per heavy atom. The van der Waals surface area contributed by atoms with E-state index in [1.54, 1.807) is 0 Å². The first-order valence-corrected chi connectivity index (χ1v) is 8.72. The molecule has 0 atom stereocenters. The van der Waals surface area contributed by atoms with Gasteiger partial charge in [0.15, 0.2) is 0 Å². The largest absolute Gasteiger partial charge is 0.229 e. The molecule has 1 saturated heterocycles. The lowest BCUT2D eigenvalue weighted by atomic mass is 10.0. The van der Waals surface area contributed by atoms with Gasteiger partial charge in [0.2, 0.25) is 10.0 Å². The van der Waals surface area contributed by atoms with Crippen LogP contribution in [0.15, 0.2) is 0 Å². The molecule has 0 aromatic carbocycles. The zero-order chi connectivity index (χ0) is 11.7. The van der Waals surface area contributed by atoms with Crippen molar-refractivity contribution in [1.29, 1.82) is 0 Å². The molecule has 1 aliphatic heterocycles. The molecular weight excluding hydrogens is 238 g/mol. The van der Waals surface area contributed by atoms with Crippen LogP contribution < -0.4 is 0 Å². The Balaban J connectivity index is 2.50. The molecule has 0 radical (unpaired) electrons. The predicted octanol–water partition coefficient (Wildman–Crippen LogP) is -0.297. The van der Waals surface area contributed by atoms with Crippen LogP contribution in [0.4, 0.5) is 0 Å². The van der Waals surface area contributed by atoms with Crippen LogP contribution in [0.1, 0.15) is 12.8 Å². The van der Waals surface area contributed by atoms with Gasteiger partial charge in [0, 0.05) is 19.3 Å². The molecule has 1 aliphatic rings. The van der Waals surface area contributed by atoms with Gasteiger partial charge in [-0.05, 0) is 18.8 Å². The van der Waals surface area contributed by atoms with Crippen LogP contribution in [-0.4, -0.2) is 52.5 Å². The maximum atomic E-state index is 11.2. The van der Waals surface area contributed by atoms with Crippen molar-refractivity contribution in [2.24, 2.45) is 5.92 Å². The minimum atomic E-state index is -3.11. The maximum Gasteiger partial charge on any atom is 0.211 e. The van der Waals surface area contributed by atoms with E-state index < -0.39 is 19.9 Å². The average Bonchev–Trinajstić information content (AvgIpc) is 2.00.